The van der Waals surface area contributed by atoms with Crippen molar-refractivity contribution in [3.05, 3.63) is 48.0 Å². The number of nitrogens with zero attached hydrogens (tertiary/aromatic N) is 1. The van der Waals surface area contributed by atoms with E-state index in [0.717, 1.165) is 25.9 Å². The zero-order valence-corrected chi connectivity index (χ0v) is 10.9. The topological polar surface area (TPSA) is 20.3 Å². The molecule has 0 aliphatic carbocycles. The predicted molar refractivity (Wildman–Crippen MR) is 76.0 cm³/mol. The quantitative estimate of drug-likeness (QED) is 0.776. The van der Waals surface area contributed by atoms with Crippen LogP contribution in [0.15, 0.2) is 42.5 Å². The first-order chi connectivity index (χ1) is 9.34. The van der Waals surface area contributed by atoms with Crippen LogP contribution in [-0.4, -0.2) is 23.8 Å². The van der Waals surface area contributed by atoms with Gasteiger partial charge in [-0.15, -0.1) is 0 Å². The number of hydrogen-bond donors (Lipinski definition) is 0. The number of carbonyl (C=O) groups excluding carboxylic acids is 1. The Hall–Kier alpha value is -1.67. The van der Waals surface area contributed by atoms with Crippen LogP contribution in [0.4, 0.5) is 0 Å². The van der Waals surface area contributed by atoms with Crippen molar-refractivity contribution in [3.8, 4) is 0 Å². The molecule has 2 bridgehead atoms. The smallest absolute Gasteiger partial charge is 0.157 e. The minimum absolute atomic E-state index is 0.00130. The number of hydrogen-bond acceptors (Lipinski definition) is 2. The Balaban J connectivity index is 1.88. The van der Waals surface area contributed by atoms with Gasteiger partial charge in [-0.1, -0.05) is 42.5 Å². The van der Waals surface area contributed by atoms with E-state index in [2.05, 4.69) is 47.4 Å². The molecule has 0 radical (unpaired) electrons. The molecule has 2 aromatic carbocycles. The summed E-state index contributed by atoms with van der Waals surface area (Å²) in [7, 11) is 0. The van der Waals surface area contributed by atoms with Gasteiger partial charge in [-0.2, -0.15) is 0 Å². The summed E-state index contributed by atoms with van der Waals surface area (Å²) in [5, 5.41) is 2.46. The van der Waals surface area contributed by atoms with Crippen LogP contribution in [0.5, 0.6) is 0 Å². The number of benzene rings is 2. The summed E-state index contributed by atoms with van der Waals surface area (Å²) in [5.41, 5.74) is 1.20. The maximum absolute atomic E-state index is 12.6. The van der Waals surface area contributed by atoms with E-state index in [1.54, 1.807) is 0 Å². The monoisotopic (exact) mass is 251 g/mol. The summed E-state index contributed by atoms with van der Waals surface area (Å²) in [6, 6.07) is 14.7. The van der Waals surface area contributed by atoms with Crippen LogP contribution in [-0.2, 0) is 4.79 Å². The molecule has 0 N–H and O–H groups in total. The highest BCUT2D eigenvalue weighted by atomic mass is 16.1. The normalized spacial score (nSPS) is 29.9. The van der Waals surface area contributed by atoms with Gasteiger partial charge in [-0.05, 0) is 42.3 Å². The van der Waals surface area contributed by atoms with Crippen LogP contribution < -0.4 is 0 Å². The molecule has 0 amide bonds. The fourth-order valence-electron chi connectivity index (χ4n) is 3.68. The second-order valence-corrected chi connectivity index (χ2v) is 5.68. The van der Waals surface area contributed by atoms with Gasteiger partial charge in [0.15, 0.2) is 5.78 Å². The first-order valence-corrected chi connectivity index (χ1v) is 7.10. The van der Waals surface area contributed by atoms with Gasteiger partial charge in [0.2, 0.25) is 0 Å². The highest BCUT2D eigenvalue weighted by Crippen LogP contribution is 2.39. The van der Waals surface area contributed by atoms with Crippen molar-refractivity contribution in [2.24, 2.45) is 5.92 Å². The Bertz CT molecular complexity index is 635. The summed E-state index contributed by atoms with van der Waals surface area (Å²) in [4.78, 5) is 15.0. The molecule has 1 atom stereocenters. The summed E-state index contributed by atoms with van der Waals surface area (Å²) in [6.45, 7) is 2.15. The molecule has 19 heavy (non-hydrogen) atoms. The van der Waals surface area contributed by atoms with Crippen molar-refractivity contribution in [3.63, 3.8) is 0 Å². The highest BCUT2D eigenvalue weighted by molar-refractivity contribution is 5.95. The Morgan fingerprint density at radius 3 is 2.47 bits per heavy atom. The van der Waals surface area contributed by atoms with E-state index in [0.29, 0.717) is 11.7 Å². The average Bonchev–Trinajstić information content (AvgIpc) is 2.48. The molecule has 1 unspecified atom stereocenters. The highest BCUT2D eigenvalue weighted by Gasteiger charge is 2.41. The van der Waals surface area contributed by atoms with Gasteiger partial charge in [-0.25, -0.2) is 0 Å². The lowest BCUT2D eigenvalue weighted by Crippen LogP contribution is -2.50. The van der Waals surface area contributed by atoms with Crippen LogP contribution in [0, 0.1) is 5.92 Å². The van der Waals surface area contributed by atoms with Crippen molar-refractivity contribution < 1.29 is 4.79 Å². The molecule has 2 nitrogen and oxygen atoms in total. The Labute approximate surface area is 113 Å². The molecular weight excluding hydrogens is 234 g/mol. The number of piperidine rings is 3. The molecule has 3 aliphatic rings. The van der Waals surface area contributed by atoms with Crippen molar-refractivity contribution in [2.45, 2.75) is 18.9 Å². The van der Waals surface area contributed by atoms with Crippen molar-refractivity contribution >= 4 is 16.6 Å². The Morgan fingerprint density at radius 2 is 1.68 bits per heavy atom. The third kappa shape index (κ3) is 1.63. The number of rotatable bonds is 1. The third-order valence-electron chi connectivity index (χ3n) is 4.68. The second-order valence-electron chi connectivity index (χ2n) is 5.68. The van der Waals surface area contributed by atoms with E-state index < -0.39 is 0 Å². The van der Waals surface area contributed by atoms with E-state index in [1.165, 1.54) is 16.3 Å². The minimum Gasteiger partial charge on any atom is -0.297 e. The van der Waals surface area contributed by atoms with Crippen LogP contribution in [0.1, 0.15) is 24.4 Å². The Kier molecular flexibility index (Phi) is 2.46. The maximum atomic E-state index is 12.6. The number of carbonyl (C=O) groups is 1. The van der Waals surface area contributed by atoms with Gasteiger partial charge in [0.25, 0.3) is 0 Å². The molecular formula is C17H17NO. The largest absolute Gasteiger partial charge is 0.297 e. The number of fused-ring (bicyclic) bond motifs is 4. The molecule has 96 valence electrons. The lowest BCUT2D eigenvalue weighted by atomic mass is 9.78. The second kappa shape index (κ2) is 4.17. The van der Waals surface area contributed by atoms with Crippen LogP contribution in [0.25, 0.3) is 10.8 Å². The molecule has 3 heterocycles. The molecule has 5 rings (SSSR count). The molecule has 3 aliphatic heterocycles. The van der Waals surface area contributed by atoms with E-state index >= 15 is 0 Å². The van der Waals surface area contributed by atoms with Gasteiger partial charge < -0.3 is 0 Å². The fraction of sp³-hybridized carbons (Fsp3) is 0.353. The van der Waals surface area contributed by atoms with E-state index in [1.807, 2.05) is 0 Å². The third-order valence-corrected chi connectivity index (χ3v) is 4.68. The molecule has 2 aromatic rings. The lowest BCUT2D eigenvalue weighted by molar-refractivity contribution is -0.137. The summed E-state index contributed by atoms with van der Waals surface area (Å²) in [6.07, 6.45) is 2.11. The first-order valence-electron chi connectivity index (χ1n) is 7.10. The molecule has 0 saturated carbocycles. The summed E-state index contributed by atoms with van der Waals surface area (Å²) < 4.78 is 0. The zero-order chi connectivity index (χ0) is 12.8. The standard InChI is InChI=1S/C17H17NO/c19-17-13-8-10-18(11-9-13)16(17)15-7-3-5-12-4-1-2-6-14(12)15/h1-7,13,16H,8-11H2. The Morgan fingerprint density at radius 1 is 0.947 bits per heavy atom. The summed E-state index contributed by atoms with van der Waals surface area (Å²) in [5.74, 6) is 0.739. The summed E-state index contributed by atoms with van der Waals surface area (Å²) >= 11 is 0. The first kappa shape index (κ1) is 11.2. The molecule has 3 fully saturated rings. The van der Waals surface area contributed by atoms with Gasteiger partial charge in [0, 0.05) is 5.92 Å². The fourth-order valence-corrected chi connectivity index (χ4v) is 3.68. The molecule has 2 heteroatoms. The molecule has 0 aromatic heterocycles. The van der Waals surface area contributed by atoms with Gasteiger partial charge in [0.05, 0.1) is 6.04 Å². The van der Waals surface area contributed by atoms with E-state index in [9.17, 15) is 4.79 Å². The average molecular weight is 251 g/mol. The van der Waals surface area contributed by atoms with Gasteiger partial charge in [0.1, 0.15) is 0 Å². The van der Waals surface area contributed by atoms with Crippen LogP contribution >= 0.6 is 0 Å². The lowest BCUT2D eigenvalue weighted by Gasteiger charge is -2.44. The maximum Gasteiger partial charge on any atom is 0.157 e. The van der Waals surface area contributed by atoms with Crippen LogP contribution in [0.2, 0.25) is 0 Å². The number of Topliss-reactive ketones (excluding diaryl/α,β-unsaturated/α-hetero) is 1. The molecule has 0 spiro atoms. The zero-order valence-electron chi connectivity index (χ0n) is 10.9. The predicted octanol–water partition coefficient (Wildman–Crippen LogP) is 3.18. The SMILES string of the molecule is O=C1C2CCN(CC2)C1c1cccc2ccccc12. The minimum atomic E-state index is -0.00130. The van der Waals surface area contributed by atoms with Crippen molar-refractivity contribution in [2.75, 3.05) is 13.1 Å². The van der Waals surface area contributed by atoms with E-state index in [-0.39, 0.29) is 6.04 Å². The van der Waals surface area contributed by atoms with Crippen molar-refractivity contribution in [1.82, 2.24) is 4.90 Å². The van der Waals surface area contributed by atoms with Gasteiger partial charge >= 0.3 is 0 Å². The number of ketones is 1. The van der Waals surface area contributed by atoms with Crippen LogP contribution in [0.3, 0.4) is 0 Å². The van der Waals surface area contributed by atoms with E-state index in [4.69, 9.17) is 0 Å². The molecule has 3 saturated heterocycles. The van der Waals surface area contributed by atoms with Crippen molar-refractivity contribution in [1.29, 1.82) is 0 Å². The van der Waals surface area contributed by atoms with Gasteiger partial charge in [-0.3, -0.25) is 9.69 Å².